The van der Waals surface area contributed by atoms with E-state index in [1.165, 1.54) is 0 Å². The summed E-state index contributed by atoms with van der Waals surface area (Å²) >= 11 is 5.72. The fourth-order valence-corrected chi connectivity index (χ4v) is 1.59. The second kappa shape index (κ2) is 4.21. The van der Waals surface area contributed by atoms with Gasteiger partial charge in [0.15, 0.2) is 5.60 Å². The van der Waals surface area contributed by atoms with Crippen LogP contribution >= 0.6 is 11.6 Å². The average molecular weight is 228 g/mol. The van der Waals surface area contributed by atoms with Gasteiger partial charge in [0, 0.05) is 5.02 Å². The molecule has 0 saturated carbocycles. The lowest BCUT2D eigenvalue weighted by molar-refractivity contribution is -0.142. The number of primary amides is 1. The molecule has 82 valence electrons. The number of hydrogen-bond acceptors (Lipinski definition) is 2. The zero-order chi connectivity index (χ0) is 11.6. The van der Waals surface area contributed by atoms with Crippen LogP contribution in [0.5, 0.6) is 0 Å². The van der Waals surface area contributed by atoms with Crippen LogP contribution in [0.1, 0.15) is 19.4 Å². The third kappa shape index (κ3) is 2.13. The highest BCUT2D eigenvalue weighted by molar-refractivity contribution is 6.30. The Kier molecular flexibility index (Phi) is 3.37. The van der Waals surface area contributed by atoms with E-state index in [4.69, 9.17) is 17.3 Å². The predicted octanol–water partition coefficient (Wildman–Crippen LogP) is 1.67. The smallest absolute Gasteiger partial charge is 0.254 e. The molecular formula is C11H14ClNO2. The molecule has 0 aliphatic heterocycles. The van der Waals surface area contributed by atoms with Gasteiger partial charge in [0.25, 0.3) is 5.91 Å². The Labute approximate surface area is 93.9 Å². The Morgan fingerprint density at radius 3 is 2.20 bits per heavy atom. The first-order valence-electron chi connectivity index (χ1n) is 4.67. The molecule has 0 saturated heterocycles. The molecule has 0 aliphatic rings. The number of rotatable bonds is 3. The second-order valence-electron chi connectivity index (χ2n) is 3.79. The molecule has 3 nitrogen and oxygen atoms in total. The summed E-state index contributed by atoms with van der Waals surface area (Å²) in [5, 5.41) is 10.8. The van der Waals surface area contributed by atoms with Gasteiger partial charge < -0.3 is 10.8 Å². The predicted molar refractivity (Wildman–Crippen MR) is 59.4 cm³/mol. The SMILES string of the molecule is CC(C)C(O)(C(N)=O)c1ccc(Cl)cc1. The summed E-state index contributed by atoms with van der Waals surface area (Å²) in [5.41, 5.74) is 4.05. The van der Waals surface area contributed by atoms with Crippen LogP contribution in [0.4, 0.5) is 0 Å². The van der Waals surface area contributed by atoms with Gasteiger partial charge in [0.05, 0.1) is 0 Å². The Hall–Kier alpha value is -1.06. The van der Waals surface area contributed by atoms with Gasteiger partial charge in [-0.05, 0) is 23.6 Å². The van der Waals surface area contributed by atoms with Gasteiger partial charge in [-0.25, -0.2) is 0 Å². The van der Waals surface area contributed by atoms with Crippen molar-refractivity contribution < 1.29 is 9.90 Å². The number of halogens is 1. The normalized spacial score (nSPS) is 15.0. The summed E-state index contributed by atoms with van der Waals surface area (Å²) < 4.78 is 0. The van der Waals surface area contributed by atoms with E-state index in [1.807, 2.05) is 0 Å². The molecule has 4 heteroatoms. The Morgan fingerprint density at radius 2 is 1.87 bits per heavy atom. The van der Waals surface area contributed by atoms with Crippen LogP contribution in [0, 0.1) is 5.92 Å². The van der Waals surface area contributed by atoms with Gasteiger partial charge in [-0.3, -0.25) is 4.79 Å². The zero-order valence-electron chi connectivity index (χ0n) is 8.70. The van der Waals surface area contributed by atoms with Crippen molar-refractivity contribution in [1.82, 2.24) is 0 Å². The summed E-state index contributed by atoms with van der Waals surface area (Å²) in [7, 11) is 0. The van der Waals surface area contributed by atoms with E-state index in [0.29, 0.717) is 10.6 Å². The maximum Gasteiger partial charge on any atom is 0.254 e. The third-order valence-electron chi connectivity index (χ3n) is 2.50. The summed E-state index contributed by atoms with van der Waals surface area (Å²) in [6.07, 6.45) is 0. The molecule has 1 aromatic rings. The highest BCUT2D eigenvalue weighted by atomic mass is 35.5. The van der Waals surface area contributed by atoms with Crippen molar-refractivity contribution in [1.29, 1.82) is 0 Å². The molecule has 1 rings (SSSR count). The van der Waals surface area contributed by atoms with Gasteiger partial charge in [0.2, 0.25) is 0 Å². The highest BCUT2D eigenvalue weighted by Gasteiger charge is 2.39. The minimum absolute atomic E-state index is 0.295. The van der Waals surface area contributed by atoms with E-state index in [9.17, 15) is 9.90 Å². The summed E-state index contributed by atoms with van der Waals surface area (Å²) in [4.78, 5) is 11.3. The maximum absolute atomic E-state index is 11.3. The largest absolute Gasteiger partial charge is 0.375 e. The van der Waals surface area contributed by atoms with Crippen molar-refractivity contribution in [3.05, 3.63) is 34.9 Å². The van der Waals surface area contributed by atoms with E-state index in [2.05, 4.69) is 0 Å². The van der Waals surface area contributed by atoms with E-state index >= 15 is 0 Å². The number of nitrogens with two attached hydrogens (primary N) is 1. The van der Waals surface area contributed by atoms with Gasteiger partial charge in [0.1, 0.15) is 0 Å². The monoisotopic (exact) mass is 227 g/mol. The Morgan fingerprint density at radius 1 is 1.40 bits per heavy atom. The minimum Gasteiger partial charge on any atom is -0.375 e. The topological polar surface area (TPSA) is 63.3 Å². The number of amides is 1. The van der Waals surface area contributed by atoms with E-state index in [0.717, 1.165) is 0 Å². The second-order valence-corrected chi connectivity index (χ2v) is 4.23. The summed E-state index contributed by atoms with van der Waals surface area (Å²) in [6.45, 7) is 3.47. The third-order valence-corrected chi connectivity index (χ3v) is 2.75. The molecule has 1 amide bonds. The Bertz CT molecular complexity index is 361. The molecule has 0 radical (unpaired) electrons. The van der Waals surface area contributed by atoms with Crippen molar-refractivity contribution in [2.75, 3.05) is 0 Å². The maximum atomic E-state index is 11.3. The fourth-order valence-electron chi connectivity index (χ4n) is 1.46. The molecule has 0 bridgehead atoms. The molecule has 3 N–H and O–H groups in total. The molecule has 1 unspecified atom stereocenters. The molecule has 0 spiro atoms. The molecule has 0 aromatic heterocycles. The van der Waals surface area contributed by atoms with Crippen LogP contribution in [-0.2, 0) is 10.4 Å². The van der Waals surface area contributed by atoms with Crippen LogP contribution in [-0.4, -0.2) is 11.0 Å². The number of aliphatic hydroxyl groups is 1. The van der Waals surface area contributed by atoms with E-state index < -0.39 is 11.5 Å². The van der Waals surface area contributed by atoms with E-state index in [-0.39, 0.29) is 5.92 Å². The van der Waals surface area contributed by atoms with Crippen LogP contribution in [0.3, 0.4) is 0 Å². The minimum atomic E-state index is -1.63. The first-order chi connectivity index (χ1) is 6.89. The lowest BCUT2D eigenvalue weighted by atomic mass is 9.83. The summed E-state index contributed by atoms with van der Waals surface area (Å²) in [6, 6.07) is 6.44. The highest BCUT2D eigenvalue weighted by Crippen LogP contribution is 2.29. The fraction of sp³-hybridized carbons (Fsp3) is 0.364. The van der Waals surface area contributed by atoms with Gasteiger partial charge in [-0.2, -0.15) is 0 Å². The van der Waals surface area contributed by atoms with Crippen molar-refractivity contribution in [3.63, 3.8) is 0 Å². The molecule has 1 atom stereocenters. The first-order valence-corrected chi connectivity index (χ1v) is 5.05. The van der Waals surface area contributed by atoms with Crippen LogP contribution in [0.15, 0.2) is 24.3 Å². The lowest BCUT2D eigenvalue weighted by Crippen LogP contribution is -2.45. The zero-order valence-corrected chi connectivity index (χ0v) is 9.45. The first kappa shape index (κ1) is 12.0. The van der Waals surface area contributed by atoms with Gasteiger partial charge in [-0.1, -0.05) is 37.6 Å². The van der Waals surface area contributed by atoms with Gasteiger partial charge >= 0.3 is 0 Å². The van der Waals surface area contributed by atoms with Crippen molar-refractivity contribution in [3.8, 4) is 0 Å². The quantitative estimate of drug-likeness (QED) is 0.825. The number of hydrogen-bond donors (Lipinski definition) is 2. The molecule has 0 fully saturated rings. The molecule has 1 aromatic carbocycles. The number of carbonyl (C=O) groups excluding carboxylic acids is 1. The van der Waals surface area contributed by atoms with Crippen molar-refractivity contribution >= 4 is 17.5 Å². The average Bonchev–Trinajstić information content (AvgIpc) is 2.17. The van der Waals surface area contributed by atoms with Crippen LogP contribution in [0.25, 0.3) is 0 Å². The number of carbonyl (C=O) groups is 1. The molecule has 0 heterocycles. The van der Waals surface area contributed by atoms with Crippen molar-refractivity contribution in [2.24, 2.45) is 11.7 Å². The Balaban J connectivity index is 3.22. The van der Waals surface area contributed by atoms with E-state index in [1.54, 1.807) is 38.1 Å². The lowest BCUT2D eigenvalue weighted by Gasteiger charge is -2.29. The summed E-state index contributed by atoms with van der Waals surface area (Å²) in [5.74, 6) is -1.05. The van der Waals surface area contributed by atoms with Crippen LogP contribution < -0.4 is 5.73 Å². The molecule has 0 aliphatic carbocycles. The number of benzene rings is 1. The van der Waals surface area contributed by atoms with Crippen LogP contribution in [0.2, 0.25) is 5.02 Å². The molecular weight excluding hydrogens is 214 g/mol. The standard InChI is InChI=1S/C11H14ClNO2/c1-7(2)11(15,10(13)14)8-3-5-9(12)6-4-8/h3-7,15H,1-2H3,(H2,13,14). The van der Waals surface area contributed by atoms with Gasteiger partial charge in [-0.15, -0.1) is 0 Å². The van der Waals surface area contributed by atoms with Crippen molar-refractivity contribution in [2.45, 2.75) is 19.4 Å². The molecule has 15 heavy (non-hydrogen) atoms.